The first-order valence-corrected chi connectivity index (χ1v) is 6.56. The van der Waals surface area contributed by atoms with Crippen LogP contribution in [0.15, 0.2) is 48.5 Å². The van der Waals surface area contributed by atoms with Gasteiger partial charge in [0.05, 0.1) is 5.69 Å². The van der Waals surface area contributed by atoms with E-state index in [2.05, 4.69) is 21.6 Å². The van der Waals surface area contributed by atoms with E-state index < -0.39 is 0 Å². The zero-order valence-electron chi connectivity index (χ0n) is 11.3. The minimum atomic E-state index is 0.549. The van der Waals surface area contributed by atoms with Crippen LogP contribution in [0, 0.1) is 6.92 Å². The van der Waals surface area contributed by atoms with Crippen molar-refractivity contribution in [3.8, 4) is 0 Å². The summed E-state index contributed by atoms with van der Waals surface area (Å²) >= 11 is 0. The summed E-state index contributed by atoms with van der Waals surface area (Å²) in [4.78, 5) is 0. The standard InChI is InChI=1S/C16H16N4/c1-11-14-4-2-3-5-15(14)16(20-19-11)18-13-8-6-12(10-17)7-9-13/h2-9H,10,17H2,1H3,(H,18,20). The third-order valence-electron chi connectivity index (χ3n) is 3.32. The fraction of sp³-hybridized carbons (Fsp3) is 0.125. The molecule has 1 aromatic heterocycles. The number of benzene rings is 2. The second-order valence-corrected chi connectivity index (χ2v) is 4.71. The second-order valence-electron chi connectivity index (χ2n) is 4.71. The van der Waals surface area contributed by atoms with E-state index in [1.807, 2.05) is 49.4 Å². The molecule has 4 nitrogen and oxygen atoms in total. The molecule has 0 amide bonds. The van der Waals surface area contributed by atoms with Gasteiger partial charge in [-0.1, -0.05) is 36.4 Å². The number of hydrogen-bond donors (Lipinski definition) is 2. The molecule has 3 aromatic rings. The smallest absolute Gasteiger partial charge is 0.160 e. The van der Waals surface area contributed by atoms with E-state index in [-0.39, 0.29) is 0 Å². The van der Waals surface area contributed by atoms with Gasteiger partial charge < -0.3 is 11.1 Å². The Bertz CT molecular complexity index is 735. The van der Waals surface area contributed by atoms with E-state index in [0.717, 1.165) is 33.5 Å². The molecule has 0 saturated carbocycles. The van der Waals surface area contributed by atoms with E-state index >= 15 is 0 Å². The van der Waals surface area contributed by atoms with E-state index in [0.29, 0.717) is 6.54 Å². The third-order valence-corrected chi connectivity index (χ3v) is 3.32. The van der Waals surface area contributed by atoms with Crippen LogP contribution in [0.2, 0.25) is 0 Å². The average molecular weight is 264 g/mol. The molecule has 100 valence electrons. The molecule has 0 radical (unpaired) electrons. The summed E-state index contributed by atoms with van der Waals surface area (Å²) in [5.41, 5.74) is 8.62. The summed E-state index contributed by atoms with van der Waals surface area (Å²) in [6.07, 6.45) is 0. The van der Waals surface area contributed by atoms with Gasteiger partial charge in [0, 0.05) is 23.0 Å². The van der Waals surface area contributed by atoms with Crippen molar-refractivity contribution in [3.05, 3.63) is 59.8 Å². The number of nitrogens with two attached hydrogens (primary N) is 1. The Hall–Kier alpha value is -2.46. The molecule has 0 saturated heterocycles. The molecule has 3 rings (SSSR count). The fourth-order valence-electron chi connectivity index (χ4n) is 2.19. The van der Waals surface area contributed by atoms with Gasteiger partial charge >= 0.3 is 0 Å². The molecule has 1 heterocycles. The van der Waals surface area contributed by atoms with Crippen LogP contribution < -0.4 is 11.1 Å². The van der Waals surface area contributed by atoms with Crippen LogP contribution in [0.4, 0.5) is 11.5 Å². The molecule has 0 aliphatic heterocycles. The maximum absolute atomic E-state index is 5.60. The van der Waals surface area contributed by atoms with Crippen LogP contribution in [0.1, 0.15) is 11.3 Å². The monoisotopic (exact) mass is 264 g/mol. The first kappa shape index (κ1) is 12.6. The maximum Gasteiger partial charge on any atom is 0.160 e. The van der Waals surface area contributed by atoms with Crippen molar-refractivity contribution < 1.29 is 0 Å². The zero-order valence-corrected chi connectivity index (χ0v) is 11.3. The number of nitrogens with zero attached hydrogens (tertiary/aromatic N) is 2. The van der Waals surface area contributed by atoms with Crippen molar-refractivity contribution in [1.82, 2.24) is 10.2 Å². The van der Waals surface area contributed by atoms with Gasteiger partial charge in [-0.05, 0) is 24.6 Å². The SMILES string of the molecule is Cc1nnc(Nc2ccc(CN)cc2)c2ccccc12. The van der Waals surface area contributed by atoms with Gasteiger partial charge in [0.1, 0.15) is 0 Å². The molecule has 0 bridgehead atoms. The molecule has 2 aromatic carbocycles. The minimum Gasteiger partial charge on any atom is -0.338 e. The van der Waals surface area contributed by atoms with Gasteiger partial charge in [-0.15, -0.1) is 5.10 Å². The van der Waals surface area contributed by atoms with E-state index in [1.54, 1.807) is 0 Å². The normalized spacial score (nSPS) is 10.7. The van der Waals surface area contributed by atoms with Crippen LogP contribution >= 0.6 is 0 Å². The van der Waals surface area contributed by atoms with Crippen LogP contribution in [-0.4, -0.2) is 10.2 Å². The highest BCUT2D eigenvalue weighted by molar-refractivity contribution is 5.94. The molecule has 0 fully saturated rings. The summed E-state index contributed by atoms with van der Waals surface area (Å²) in [6, 6.07) is 16.1. The largest absolute Gasteiger partial charge is 0.338 e. The molecule has 0 spiro atoms. The highest BCUT2D eigenvalue weighted by atomic mass is 15.2. The lowest BCUT2D eigenvalue weighted by Gasteiger charge is -2.09. The van der Waals surface area contributed by atoms with Crippen molar-refractivity contribution in [1.29, 1.82) is 0 Å². The molecule has 0 aliphatic rings. The molecule has 0 aliphatic carbocycles. The van der Waals surface area contributed by atoms with Gasteiger partial charge in [0.15, 0.2) is 5.82 Å². The summed E-state index contributed by atoms with van der Waals surface area (Å²) in [5.74, 6) is 0.770. The molecular weight excluding hydrogens is 248 g/mol. The second kappa shape index (κ2) is 5.27. The Kier molecular flexibility index (Phi) is 3.31. The van der Waals surface area contributed by atoms with Gasteiger partial charge in [0.25, 0.3) is 0 Å². The lowest BCUT2D eigenvalue weighted by atomic mass is 10.1. The lowest BCUT2D eigenvalue weighted by molar-refractivity contribution is 1.01. The summed E-state index contributed by atoms with van der Waals surface area (Å²) in [6.45, 7) is 2.52. The molecule has 4 heteroatoms. The van der Waals surface area contributed by atoms with E-state index in [4.69, 9.17) is 5.73 Å². The van der Waals surface area contributed by atoms with Crippen molar-refractivity contribution in [2.24, 2.45) is 5.73 Å². The Labute approximate surface area is 117 Å². The van der Waals surface area contributed by atoms with Crippen LogP contribution in [0.5, 0.6) is 0 Å². The van der Waals surface area contributed by atoms with E-state index in [9.17, 15) is 0 Å². The molecule has 20 heavy (non-hydrogen) atoms. The number of nitrogens with one attached hydrogen (secondary N) is 1. The van der Waals surface area contributed by atoms with Crippen molar-refractivity contribution in [2.75, 3.05) is 5.32 Å². The summed E-state index contributed by atoms with van der Waals surface area (Å²) in [7, 11) is 0. The lowest BCUT2D eigenvalue weighted by Crippen LogP contribution is -2.00. The Morgan fingerprint density at radius 2 is 1.65 bits per heavy atom. The van der Waals surface area contributed by atoms with Crippen molar-refractivity contribution in [2.45, 2.75) is 13.5 Å². The number of rotatable bonds is 3. The van der Waals surface area contributed by atoms with Gasteiger partial charge in [-0.2, -0.15) is 5.10 Å². The third kappa shape index (κ3) is 2.33. The highest BCUT2D eigenvalue weighted by Gasteiger charge is 2.06. The predicted octanol–water partition coefficient (Wildman–Crippen LogP) is 3.14. The first-order chi connectivity index (χ1) is 9.78. The summed E-state index contributed by atoms with van der Waals surface area (Å²) in [5, 5.41) is 14.0. The number of hydrogen-bond acceptors (Lipinski definition) is 4. The zero-order chi connectivity index (χ0) is 13.9. The Morgan fingerprint density at radius 1 is 0.950 bits per heavy atom. The number of aryl methyl sites for hydroxylation is 1. The maximum atomic E-state index is 5.60. The van der Waals surface area contributed by atoms with Crippen molar-refractivity contribution in [3.63, 3.8) is 0 Å². The molecule has 0 atom stereocenters. The summed E-state index contributed by atoms with van der Waals surface area (Å²) < 4.78 is 0. The fourth-order valence-corrected chi connectivity index (χ4v) is 2.19. The first-order valence-electron chi connectivity index (χ1n) is 6.56. The number of aromatic nitrogens is 2. The average Bonchev–Trinajstić information content (AvgIpc) is 2.51. The molecule has 3 N–H and O–H groups in total. The van der Waals surface area contributed by atoms with E-state index in [1.165, 1.54) is 0 Å². The molecule has 0 unspecified atom stereocenters. The number of fused-ring (bicyclic) bond motifs is 1. The number of anilines is 2. The quantitative estimate of drug-likeness (QED) is 0.762. The Balaban J connectivity index is 2.00. The minimum absolute atomic E-state index is 0.549. The van der Waals surface area contributed by atoms with Crippen LogP contribution in [-0.2, 0) is 6.54 Å². The van der Waals surface area contributed by atoms with Crippen LogP contribution in [0.3, 0.4) is 0 Å². The van der Waals surface area contributed by atoms with Gasteiger partial charge in [-0.25, -0.2) is 0 Å². The topological polar surface area (TPSA) is 63.8 Å². The van der Waals surface area contributed by atoms with Crippen molar-refractivity contribution >= 4 is 22.3 Å². The molecular formula is C16H16N4. The van der Waals surface area contributed by atoms with Crippen LogP contribution in [0.25, 0.3) is 10.8 Å². The van der Waals surface area contributed by atoms with Gasteiger partial charge in [0.2, 0.25) is 0 Å². The Morgan fingerprint density at radius 3 is 2.35 bits per heavy atom. The predicted molar refractivity (Wildman–Crippen MR) is 81.9 cm³/mol. The highest BCUT2D eigenvalue weighted by Crippen LogP contribution is 2.25. The van der Waals surface area contributed by atoms with Gasteiger partial charge in [-0.3, -0.25) is 0 Å².